The zero-order chi connectivity index (χ0) is 22.5. The SMILES string of the molecule is O=C(CSC1=N/C(=C\c2ccccc2)C(=O)N1c1ccc(F)cc1)Nc1cccc(F)c1. The lowest BCUT2D eigenvalue weighted by Gasteiger charge is -2.17. The number of nitrogens with zero attached hydrogens (tertiary/aromatic N) is 2. The van der Waals surface area contributed by atoms with Crippen molar-refractivity contribution >= 4 is 46.2 Å². The number of hydrogen-bond donors (Lipinski definition) is 1. The van der Waals surface area contributed by atoms with E-state index in [9.17, 15) is 18.4 Å². The molecular weight excluding hydrogens is 432 g/mol. The Morgan fingerprint density at radius 2 is 1.72 bits per heavy atom. The van der Waals surface area contributed by atoms with Crippen LogP contribution in [0.2, 0.25) is 0 Å². The van der Waals surface area contributed by atoms with Crippen molar-refractivity contribution < 1.29 is 18.4 Å². The summed E-state index contributed by atoms with van der Waals surface area (Å²) in [7, 11) is 0. The van der Waals surface area contributed by atoms with Crippen LogP contribution in [0.5, 0.6) is 0 Å². The molecule has 0 aliphatic carbocycles. The average molecular weight is 449 g/mol. The van der Waals surface area contributed by atoms with Crippen LogP contribution in [0, 0.1) is 11.6 Å². The maximum atomic E-state index is 13.4. The first-order valence-electron chi connectivity index (χ1n) is 9.63. The fourth-order valence-corrected chi connectivity index (χ4v) is 3.82. The second-order valence-electron chi connectivity index (χ2n) is 6.80. The molecule has 8 heteroatoms. The van der Waals surface area contributed by atoms with Gasteiger partial charge in [0.05, 0.1) is 11.4 Å². The van der Waals surface area contributed by atoms with Gasteiger partial charge in [0.1, 0.15) is 17.3 Å². The van der Waals surface area contributed by atoms with E-state index < -0.39 is 11.6 Å². The molecule has 0 spiro atoms. The molecule has 0 aromatic heterocycles. The van der Waals surface area contributed by atoms with Crippen molar-refractivity contribution in [2.24, 2.45) is 4.99 Å². The van der Waals surface area contributed by atoms with Gasteiger partial charge in [0.25, 0.3) is 5.91 Å². The summed E-state index contributed by atoms with van der Waals surface area (Å²) >= 11 is 1.06. The molecule has 1 N–H and O–H groups in total. The zero-order valence-electron chi connectivity index (χ0n) is 16.7. The molecule has 4 rings (SSSR count). The van der Waals surface area contributed by atoms with Crippen LogP contribution in [0.25, 0.3) is 6.08 Å². The molecule has 2 amide bonds. The minimum Gasteiger partial charge on any atom is -0.325 e. The summed E-state index contributed by atoms with van der Waals surface area (Å²) in [6, 6.07) is 20.3. The third-order valence-corrected chi connectivity index (χ3v) is 5.40. The molecule has 1 aliphatic heterocycles. The molecule has 0 radical (unpaired) electrons. The van der Waals surface area contributed by atoms with Gasteiger partial charge in [-0.1, -0.05) is 48.2 Å². The highest BCUT2D eigenvalue weighted by molar-refractivity contribution is 8.14. The van der Waals surface area contributed by atoms with Gasteiger partial charge in [-0.2, -0.15) is 0 Å². The van der Waals surface area contributed by atoms with Gasteiger partial charge >= 0.3 is 0 Å². The Morgan fingerprint density at radius 1 is 0.969 bits per heavy atom. The molecule has 3 aromatic rings. The molecule has 0 saturated carbocycles. The fourth-order valence-electron chi connectivity index (χ4n) is 3.01. The standard InChI is InChI=1S/C24H17F2N3O2S/c25-17-9-11-20(12-10-17)29-23(31)21(13-16-5-2-1-3-6-16)28-24(29)32-15-22(30)27-19-8-4-7-18(26)14-19/h1-14H,15H2,(H,27,30)/b21-13-. The monoisotopic (exact) mass is 449 g/mol. The Balaban J connectivity index is 1.56. The number of carbonyl (C=O) groups is 2. The number of rotatable bonds is 5. The largest absolute Gasteiger partial charge is 0.325 e. The third-order valence-electron chi connectivity index (χ3n) is 4.46. The first kappa shape index (κ1) is 21.5. The molecule has 1 heterocycles. The van der Waals surface area contributed by atoms with Crippen molar-refractivity contribution in [2.75, 3.05) is 16.0 Å². The van der Waals surface area contributed by atoms with E-state index in [1.54, 1.807) is 12.1 Å². The van der Waals surface area contributed by atoms with Gasteiger partial charge in [-0.15, -0.1) is 0 Å². The summed E-state index contributed by atoms with van der Waals surface area (Å²) in [5, 5.41) is 2.90. The number of aliphatic imine (C=N–C) groups is 1. The summed E-state index contributed by atoms with van der Waals surface area (Å²) in [5.41, 5.74) is 1.77. The smallest absolute Gasteiger partial charge is 0.283 e. The van der Waals surface area contributed by atoms with Gasteiger partial charge in [0.2, 0.25) is 5.91 Å². The van der Waals surface area contributed by atoms with Gasteiger partial charge in [0.15, 0.2) is 5.17 Å². The number of carbonyl (C=O) groups excluding carboxylic acids is 2. The van der Waals surface area contributed by atoms with E-state index in [-0.39, 0.29) is 28.4 Å². The molecule has 0 bridgehead atoms. The number of anilines is 2. The van der Waals surface area contributed by atoms with Crippen LogP contribution in [0.3, 0.4) is 0 Å². The Hall–Kier alpha value is -3.78. The minimum absolute atomic E-state index is 0.0566. The fraction of sp³-hybridized carbons (Fsp3) is 0.0417. The van der Waals surface area contributed by atoms with Crippen LogP contribution in [-0.4, -0.2) is 22.7 Å². The van der Waals surface area contributed by atoms with Crippen molar-refractivity contribution in [2.45, 2.75) is 0 Å². The lowest BCUT2D eigenvalue weighted by Crippen LogP contribution is -2.31. The molecule has 160 valence electrons. The van der Waals surface area contributed by atoms with Crippen LogP contribution in [0.1, 0.15) is 5.56 Å². The zero-order valence-corrected chi connectivity index (χ0v) is 17.5. The second-order valence-corrected chi connectivity index (χ2v) is 7.74. The quantitative estimate of drug-likeness (QED) is 0.553. The van der Waals surface area contributed by atoms with Gasteiger partial charge in [0, 0.05) is 5.69 Å². The van der Waals surface area contributed by atoms with E-state index in [2.05, 4.69) is 10.3 Å². The molecule has 0 saturated heterocycles. The summed E-state index contributed by atoms with van der Waals surface area (Å²) in [4.78, 5) is 31.2. The number of thioether (sulfide) groups is 1. The van der Waals surface area contributed by atoms with Gasteiger partial charge in [-0.25, -0.2) is 13.8 Å². The Labute approximate surface area is 187 Å². The van der Waals surface area contributed by atoms with Gasteiger partial charge in [-0.3, -0.25) is 14.5 Å². The van der Waals surface area contributed by atoms with Crippen LogP contribution in [0.4, 0.5) is 20.2 Å². The summed E-state index contributed by atoms with van der Waals surface area (Å²) in [6.45, 7) is 0. The molecule has 0 unspecified atom stereocenters. The Morgan fingerprint density at radius 3 is 2.44 bits per heavy atom. The second kappa shape index (κ2) is 9.57. The summed E-state index contributed by atoms with van der Waals surface area (Å²) in [6.07, 6.45) is 1.65. The number of benzene rings is 3. The van der Waals surface area contributed by atoms with Gasteiger partial charge < -0.3 is 5.32 Å². The van der Waals surface area contributed by atoms with Crippen LogP contribution >= 0.6 is 11.8 Å². The summed E-state index contributed by atoms with van der Waals surface area (Å²) < 4.78 is 26.7. The number of hydrogen-bond acceptors (Lipinski definition) is 4. The van der Waals surface area contributed by atoms with Crippen LogP contribution < -0.4 is 10.2 Å². The third kappa shape index (κ3) is 5.09. The Kier molecular flexibility index (Phi) is 6.42. The molecule has 3 aromatic carbocycles. The number of nitrogens with one attached hydrogen (secondary N) is 1. The molecule has 5 nitrogen and oxygen atoms in total. The number of halogens is 2. The maximum Gasteiger partial charge on any atom is 0.283 e. The Bertz CT molecular complexity index is 1210. The highest BCUT2D eigenvalue weighted by atomic mass is 32.2. The highest BCUT2D eigenvalue weighted by Gasteiger charge is 2.32. The normalized spacial score (nSPS) is 14.6. The van der Waals surface area contributed by atoms with Crippen molar-refractivity contribution in [3.63, 3.8) is 0 Å². The average Bonchev–Trinajstić information content (AvgIpc) is 3.09. The predicted octanol–water partition coefficient (Wildman–Crippen LogP) is 5.08. The number of amidine groups is 1. The summed E-state index contributed by atoms with van der Waals surface area (Å²) in [5.74, 6) is -1.71. The minimum atomic E-state index is -0.459. The molecule has 32 heavy (non-hydrogen) atoms. The van der Waals surface area contributed by atoms with E-state index >= 15 is 0 Å². The lowest BCUT2D eigenvalue weighted by molar-refractivity contribution is -0.114. The molecule has 0 atom stereocenters. The number of amides is 2. The van der Waals surface area contributed by atoms with Crippen LogP contribution in [0.15, 0.2) is 89.6 Å². The van der Waals surface area contributed by atoms with Crippen molar-refractivity contribution in [3.05, 3.63) is 102 Å². The van der Waals surface area contributed by atoms with E-state index in [0.717, 1.165) is 17.3 Å². The first-order valence-corrected chi connectivity index (χ1v) is 10.6. The van der Waals surface area contributed by atoms with Crippen molar-refractivity contribution in [1.29, 1.82) is 0 Å². The van der Waals surface area contributed by atoms with E-state index in [0.29, 0.717) is 11.4 Å². The van der Waals surface area contributed by atoms with Crippen molar-refractivity contribution in [1.82, 2.24) is 0 Å². The van der Waals surface area contributed by atoms with Crippen molar-refractivity contribution in [3.8, 4) is 0 Å². The predicted molar refractivity (Wildman–Crippen MR) is 123 cm³/mol. The maximum absolute atomic E-state index is 13.4. The highest BCUT2D eigenvalue weighted by Crippen LogP contribution is 2.29. The molecule has 1 aliphatic rings. The first-order chi connectivity index (χ1) is 15.5. The topological polar surface area (TPSA) is 61.8 Å². The van der Waals surface area contributed by atoms with E-state index in [1.165, 1.54) is 47.4 Å². The van der Waals surface area contributed by atoms with E-state index in [4.69, 9.17) is 0 Å². The van der Waals surface area contributed by atoms with E-state index in [1.807, 2.05) is 30.3 Å². The molecule has 0 fully saturated rings. The van der Waals surface area contributed by atoms with Gasteiger partial charge in [-0.05, 0) is 54.1 Å². The van der Waals surface area contributed by atoms with Crippen LogP contribution in [-0.2, 0) is 9.59 Å². The molecular formula is C24H17F2N3O2S. The lowest BCUT2D eigenvalue weighted by atomic mass is 10.2.